The van der Waals surface area contributed by atoms with Crippen molar-refractivity contribution in [2.24, 2.45) is 0 Å². The number of carbonyl (C=O) groups is 1. The molecule has 2 heterocycles. The summed E-state index contributed by atoms with van der Waals surface area (Å²) < 4.78 is 13.7. The molecule has 1 aliphatic heterocycles. The number of halogens is 1. The first-order valence-electron chi connectivity index (χ1n) is 8.57. The number of hydrogen-bond donors (Lipinski definition) is 1. The molecule has 0 radical (unpaired) electrons. The average molecular weight is 419 g/mol. The molecular formula is C18H19BrN4O3. The van der Waals surface area contributed by atoms with Crippen molar-refractivity contribution >= 4 is 27.7 Å². The second-order valence-corrected chi connectivity index (χ2v) is 7.05. The molecule has 0 saturated carbocycles. The molecular weight excluding hydrogens is 400 g/mol. The zero-order chi connectivity index (χ0) is 18.3. The van der Waals surface area contributed by atoms with E-state index in [1.54, 1.807) is 11.8 Å². The van der Waals surface area contributed by atoms with Crippen LogP contribution in [0.25, 0.3) is 0 Å². The van der Waals surface area contributed by atoms with E-state index in [0.717, 1.165) is 34.1 Å². The third kappa shape index (κ3) is 2.68. The highest BCUT2D eigenvalue weighted by Gasteiger charge is 2.36. The van der Waals surface area contributed by atoms with Gasteiger partial charge in [0.1, 0.15) is 12.4 Å². The Bertz CT molecular complexity index is 906. The van der Waals surface area contributed by atoms with E-state index in [4.69, 9.17) is 9.47 Å². The maximum absolute atomic E-state index is 12.7. The van der Waals surface area contributed by atoms with E-state index in [2.05, 4.69) is 31.3 Å². The Labute approximate surface area is 159 Å². The predicted octanol–water partition coefficient (Wildman–Crippen LogP) is 3.47. The van der Waals surface area contributed by atoms with Crippen LogP contribution < -0.4 is 14.8 Å². The normalized spacial score (nSPS) is 18.9. The molecule has 0 spiro atoms. The summed E-state index contributed by atoms with van der Waals surface area (Å²) in [4.78, 5) is 17.0. The smallest absolute Gasteiger partial charge is 0.226 e. The fraction of sp³-hybridized carbons (Fsp3) is 0.389. The number of carbonyl (C=O) groups excluding carboxylic acids is 1. The minimum Gasteiger partial charge on any atom is -0.493 e. The third-order valence-corrected chi connectivity index (χ3v) is 5.26. The van der Waals surface area contributed by atoms with Crippen LogP contribution in [0.5, 0.6) is 11.5 Å². The van der Waals surface area contributed by atoms with Gasteiger partial charge in [0.2, 0.25) is 5.95 Å². The van der Waals surface area contributed by atoms with Crippen LogP contribution in [0.15, 0.2) is 34.2 Å². The van der Waals surface area contributed by atoms with Gasteiger partial charge in [0, 0.05) is 17.7 Å². The average Bonchev–Trinajstić information content (AvgIpc) is 3.10. The van der Waals surface area contributed by atoms with Gasteiger partial charge in [0.15, 0.2) is 17.3 Å². The lowest BCUT2D eigenvalue weighted by molar-refractivity contribution is -0.116. The number of ether oxygens (including phenoxy) is 2. The number of anilines is 1. The maximum Gasteiger partial charge on any atom is 0.226 e. The van der Waals surface area contributed by atoms with Crippen molar-refractivity contribution in [1.29, 1.82) is 0 Å². The first-order valence-corrected chi connectivity index (χ1v) is 9.36. The summed E-state index contributed by atoms with van der Waals surface area (Å²) in [5.41, 5.74) is 2.59. The largest absolute Gasteiger partial charge is 0.493 e. The summed E-state index contributed by atoms with van der Waals surface area (Å²) in [7, 11) is 1.61. The monoisotopic (exact) mass is 418 g/mol. The number of Topliss-reactive ketones (excluding diaryl/α,β-unsaturated/α-hetero) is 1. The molecule has 7 nitrogen and oxygen atoms in total. The van der Waals surface area contributed by atoms with Gasteiger partial charge in [0.05, 0.1) is 18.2 Å². The number of benzene rings is 1. The van der Waals surface area contributed by atoms with Crippen LogP contribution in [-0.4, -0.2) is 34.3 Å². The standard InChI is InChI=1S/C18H19BrN4O3/c1-3-26-17-11(19)7-10(8-14(17)25-2)16-15-12(5-4-6-13(15)24)22-18-20-9-21-23(16)18/h7-9,16H,3-6H2,1-2H3,(H,20,21,22)/t16-/m0/s1. The lowest BCUT2D eigenvalue weighted by atomic mass is 9.85. The predicted molar refractivity (Wildman–Crippen MR) is 99.5 cm³/mol. The molecule has 0 saturated heterocycles. The van der Waals surface area contributed by atoms with Gasteiger partial charge in [-0.05, 0) is 53.4 Å². The quantitative estimate of drug-likeness (QED) is 0.818. The second-order valence-electron chi connectivity index (χ2n) is 6.19. The SMILES string of the molecule is CCOc1c(Br)cc([C@H]2C3=C(CCCC3=O)Nc3ncnn32)cc1OC. The van der Waals surface area contributed by atoms with Gasteiger partial charge in [0.25, 0.3) is 0 Å². The van der Waals surface area contributed by atoms with Gasteiger partial charge in [-0.2, -0.15) is 10.1 Å². The van der Waals surface area contributed by atoms with Crippen molar-refractivity contribution < 1.29 is 14.3 Å². The van der Waals surface area contributed by atoms with Gasteiger partial charge in [-0.25, -0.2) is 4.68 Å². The van der Waals surface area contributed by atoms with Crippen LogP contribution in [0.2, 0.25) is 0 Å². The van der Waals surface area contributed by atoms with E-state index >= 15 is 0 Å². The number of rotatable bonds is 4. The van der Waals surface area contributed by atoms with Gasteiger partial charge < -0.3 is 14.8 Å². The summed E-state index contributed by atoms with van der Waals surface area (Å²) in [5, 5.41) is 7.62. The lowest BCUT2D eigenvalue weighted by Crippen LogP contribution is -2.31. The number of nitrogens with one attached hydrogen (secondary N) is 1. The number of allylic oxidation sites excluding steroid dienone is 2. The fourth-order valence-corrected chi connectivity index (χ4v) is 4.16. The second kappa shape index (κ2) is 6.75. The minimum atomic E-state index is -0.336. The van der Waals surface area contributed by atoms with Crippen LogP contribution in [0, 0.1) is 0 Å². The fourth-order valence-electron chi connectivity index (χ4n) is 3.59. The number of ketones is 1. The van der Waals surface area contributed by atoms with E-state index in [1.165, 1.54) is 6.33 Å². The van der Waals surface area contributed by atoms with E-state index in [9.17, 15) is 4.79 Å². The molecule has 1 N–H and O–H groups in total. The van der Waals surface area contributed by atoms with E-state index in [1.807, 2.05) is 19.1 Å². The maximum atomic E-state index is 12.7. The molecule has 8 heteroatoms. The zero-order valence-electron chi connectivity index (χ0n) is 14.6. The Balaban J connectivity index is 1.89. The molecule has 2 aliphatic rings. The molecule has 0 bridgehead atoms. The van der Waals surface area contributed by atoms with E-state index < -0.39 is 0 Å². The number of hydrogen-bond acceptors (Lipinski definition) is 6. The summed E-state index contributed by atoms with van der Waals surface area (Å²) in [6, 6.07) is 3.53. The molecule has 1 aromatic carbocycles. The molecule has 1 aliphatic carbocycles. The van der Waals surface area contributed by atoms with Gasteiger partial charge in [-0.3, -0.25) is 4.79 Å². The van der Waals surface area contributed by atoms with Crippen molar-refractivity contribution in [3.8, 4) is 11.5 Å². The molecule has 2 aromatic rings. The topological polar surface area (TPSA) is 78.3 Å². The molecule has 0 amide bonds. The third-order valence-electron chi connectivity index (χ3n) is 4.67. The van der Waals surface area contributed by atoms with Crippen molar-refractivity contribution in [2.45, 2.75) is 32.2 Å². The molecule has 0 fully saturated rings. The Hall–Kier alpha value is -2.35. The summed E-state index contributed by atoms with van der Waals surface area (Å²) in [6.07, 6.45) is 3.73. The van der Waals surface area contributed by atoms with Crippen molar-refractivity contribution in [1.82, 2.24) is 14.8 Å². The Morgan fingerprint density at radius 3 is 3.00 bits per heavy atom. The van der Waals surface area contributed by atoms with Gasteiger partial charge in [-0.1, -0.05) is 0 Å². The number of aromatic nitrogens is 3. The number of methoxy groups -OCH3 is 1. The first-order chi connectivity index (χ1) is 12.6. The Morgan fingerprint density at radius 1 is 1.38 bits per heavy atom. The van der Waals surface area contributed by atoms with Gasteiger partial charge in [-0.15, -0.1) is 0 Å². The highest BCUT2D eigenvalue weighted by molar-refractivity contribution is 9.10. The van der Waals surface area contributed by atoms with E-state index in [0.29, 0.717) is 30.5 Å². The molecule has 136 valence electrons. The highest BCUT2D eigenvalue weighted by Crippen LogP contribution is 2.44. The Morgan fingerprint density at radius 2 is 2.23 bits per heavy atom. The number of fused-ring (bicyclic) bond motifs is 1. The van der Waals surface area contributed by atoms with Crippen LogP contribution in [0.1, 0.15) is 37.8 Å². The molecule has 4 rings (SSSR count). The van der Waals surface area contributed by atoms with Crippen molar-refractivity contribution in [3.63, 3.8) is 0 Å². The van der Waals surface area contributed by atoms with Crippen LogP contribution >= 0.6 is 15.9 Å². The summed E-state index contributed by atoms with van der Waals surface area (Å²) in [5.74, 6) is 2.05. The summed E-state index contributed by atoms with van der Waals surface area (Å²) >= 11 is 3.57. The first kappa shape index (κ1) is 17.1. The van der Waals surface area contributed by atoms with E-state index in [-0.39, 0.29) is 11.8 Å². The van der Waals surface area contributed by atoms with Gasteiger partial charge >= 0.3 is 0 Å². The van der Waals surface area contributed by atoms with Crippen LogP contribution in [0.4, 0.5) is 5.95 Å². The molecule has 0 unspecified atom stereocenters. The highest BCUT2D eigenvalue weighted by atomic mass is 79.9. The van der Waals surface area contributed by atoms with Crippen molar-refractivity contribution in [3.05, 3.63) is 39.8 Å². The summed E-state index contributed by atoms with van der Waals surface area (Å²) in [6.45, 7) is 2.45. The van der Waals surface area contributed by atoms with Crippen LogP contribution in [-0.2, 0) is 4.79 Å². The lowest BCUT2D eigenvalue weighted by Gasteiger charge is -2.32. The minimum absolute atomic E-state index is 0.147. The zero-order valence-corrected chi connectivity index (χ0v) is 16.2. The Kier molecular flexibility index (Phi) is 4.44. The molecule has 1 atom stereocenters. The molecule has 1 aromatic heterocycles. The van der Waals surface area contributed by atoms with Crippen molar-refractivity contribution in [2.75, 3.05) is 19.0 Å². The van der Waals surface area contributed by atoms with Crippen LogP contribution in [0.3, 0.4) is 0 Å². The number of nitrogens with zero attached hydrogens (tertiary/aromatic N) is 3. The molecule has 26 heavy (non-hydrogen) atoms.